The second-order valence-corrected chi connectivity index (χ2v) is 7.79. The van der Waals surface area contributed by atoms with Gasteiger partial charge in [0.15, 0.2) is 0 Å². The van der Waals surface area contributed by atoms with Crippen LogP contribution in [0.1, 0.15) is 23.6 Å². The van der Waals surface area contributed by atoms with Crippen LogP contribution in [0.2, 0.25) is 0 Å². The van der Waals surface area contributed by atoms with Crippen molar-refractivity contribution < 1.29 is 23.8 Å². The quantitative estimate of drug-likeness (QED) is 0.225. The maximum Gasteiger partial charge on any atom is 0.295 e. The summed E-state index contributed by atoms with van der Waals surface area (Å²) in [5.74, 6) is -1.99. The highest BCUT2D eigenvalue weighted by molar-refractivity contribution is 6.46. The maximum absolute atomic E-state index is 14.8. The number of hydrogen-bond acceptors (Lipinski definition) is 5. The van der Waals surface area contributed by atoms with E-state index in [1.807, 2.05) is 4.57 Å². The van der Waals surface area contributed by atoms with Crippen LogP contribution in [-0.4, -0.2) is 44.4 Å². The molecule has 2 heterocycles. The van der Waals surface area contributed by atoms with Crippen LogP contribution in [0.25, 0.3) is 5.76 Å². The first-order chi connectivity index (χ1) is 16.5. The van der Waals surface area contributed by atoms with Gasteiger partial charge in [-0.3, -0.25) is 9.59 Å². The molecular weight excluding hydrogens is 437 g/mol. The van der Waals surface area contributed by atoms with Gasteiger partial charge < -0.3 is 19.3 Å². The van der Waals surface area contributed by atoms with E-state index in [1.165, 1.54) is 23.1 Å². The first-order valence-electron chi connectivity index (χ1n) is 10.8. The molecule has 8 heteroatoms. The SMILES string of the molecule is C=CCOc1ccc(C(O)=C2C(=O)C(=O)N(CCCn3ccnc3)[C@@H]2c2ccccc2F)cc1. The lowest BCUT2D eigenvalue weighted by atomic mass is 9.95. The van der Waals surface area contributed by atoms with E-state index in [1.54, 1.807) is 55.1 Å². The molecule has 1 atom stereocenters. The van der Waals surface area contributed by atoms with Gasteiger partial charge in [0.05, 0.1) is 17.9 Å². The first-order valence-corrected chi connectivity index (χ1v) is 10.8. The zero-order chi connectivity index (χ0) is 24.1. The monoisotopic (exact) mass is 461 g/mol. The van der Waals surface area contributed by atoms with Crippen molar-refractivity contribution in [1.29, 1.82) is 0 Å². The average Bonchev–Trinajstić information content (AvgIpc) is 3.45. The van der Waals surface area contributed by atoms with Crippen LogP contribution < -0.4 is 4.74 Å². The number of ether oxygens (including phenoxy) is 1. The number of benzene rings is 2. The molecule has 4 rings (SSSR count). The van der Waals surface area contributed by atoms with Gasteiger partial charge >= 0.3 is 0 Å². The Kier molecular flexibility index (Phi) is 6.87. The number of nitrogens with zero attached hydrogens (tertiary/aromatic N) is 3. The van der Waals surface area contributed by atoms with E-state index in [0.29, 0.717) is 30.9 Å². The van der Waals surface area contributed by atoms with E-state index in [4.69, 9.17) is 4.74 Å². The molecule has 1 aromatic heterocycles. The van der Waals surface area contributed by atoms with Gasteiger partial charge in [0, 0.05) is 36.6 Å². The number of Topliss-reactive ketones (excluding diaryl/α,β-unsaturated/α-hetero) is 1. The van der Waals surface area contributed by atoms with E-state index >= 15 is 0 Å². The molecule has 0 saturated carbocycles. The predicted molar refractivity (Wildman–Crippen MR) is 124 cm³/mol. The van der Waals surface area contributed by atoms with Crippen LogP contribution >= 0.6 is 0 Å². The molecule has 1 N–H and O–H groups in total. The van der Waals surface area contributed by atoms with E-state index in [2.05, 4.69) is 11.6 Å². The van der Waals surface area contributed by atoms with Crippen LogP contribution in [0.3, 0.4) is 0 Å². The molecule has 174 valence electrons. The number of aromatic nitrogens is 2. The molecule has 0 radical (unpaired) electrons. The molecule has 34 heavy (non-hydrogen) atoms. The van der Waals surface area contributed by atoms with E-state index in [9.17, 15) is 19.1 Å². The number of rotatable bonds is 9. The average molecular weight is 461 g/mol. The molecule has 0 aliphatic carbocycles. The molecule has 0 unspecified atom stereocenters. The zero-order valence-corrected chi connectivity index (χ0v) is 18.4. The second kappa shape index (κ2) is 10.2. The summed E-state index contributed by atoms with van der Waals surface area (Å²) < 4.78 is 22.1. The highest BCUT2D eigenvalue weighted by Gasteiger charge is 2.46. The fraction of sp³-hybridized carbons (Fsp3) is 0.192. The molecule has 2 aromatic carbocycles. The molecule has 3 aromatic rings. The summed E-state index contributed by atoms with van der Waals surface area (Å²) in [6.45, 7) is 4.69. The van der Waals surface area contributed by atoms with Crippen molar-refractivity contribution in [2.24, 2.45) is 0 Å². The van der Waals surface area contributed by atoms with Gasteiger partial charge in [-0.1, -0.05) is 30.9 Å². The molecular formula is C26H24FN3O4. The minimum atomic E-state index is -1.04. The van der Waals surface area contributed by atoms with Gasteiger partial charge in [-0.2, -0.15) is 0 Å². The number of carbonyl (C=O) groups excluding carboxylic acids is 2. The summed E-state index contributed by atoms with van der Waals surface area (Å²) in [6.07, 6.45) is 7.23. The topological polar surface area (TPSA) is 84.7 Å². The zero-order valence-electron chi connectivity index (χ0n) is 18.4. The number of likely N-dealkylation sites (tertiary alicyclic amines) is 1. The molecule has 1 amide bonds. The molecule has 0 bridgehead atoms. The molecule has 1 fully saturated rings. The largest absolute Gasteiger partial charge is 0.507 e. The lowest BCUT2D eigenvalue weighted by molar-refractivity contribution is -0.140. The van der Waals surface area contributed by atoms with Crippen LogP contribution in [-0.2, 0) is 16.1 Å². The second-order valence-electron chi connectivity index (χ2n) is 7.79. The third-order valence-corrected chi connectivity index (χ3v) is 5.61. The summed E-state index contributed by atoms with van der Waals surface area (Å²) >= 11 is 0. The lowest BCUT2D eigenvalue weighted by Gasteiger charge is -2.25. The minimum Gasteiger partial charge on any atom is -0.507 e. The number of amides is 1. The third kappa shape index (κ3) is 4.61. The fourth-order valence-corrected chi connectivity index (χ4v) is 3.99. The van der Waals surface area contributed by atoms with Crippen molar-refractivity contribution in [3.05, 3.63) is 102 Å². The lowest BCUT2D eigenvalue weighted by Crippen LogP contribution is -2.31. The molecule has 1 aliphatic heterocycles. The van der Waals surface area contributed by atoms with Gasteiger partial charge in [-0.05, 0) is 36.8 Å². The Bertz CT molecular complexity index is 1220. The number of aliphatic hydroxyl groups is 1. The summed E-state index contributed by atoms with van der Waals surface area (Å²) in [5, 5.41) is 11.1. The normalized spacial score (nSPS) is 17.2. The van der Waals surface area contributed by atoms with Crippen molar-refractivity contribution in [3.8, 4) is 5.75 Å². The molecule has 7 nitrogen and oxygen atoms in total. The number of imidazole rings is 1. The number of aryl methyl sites for hydroxylation is 1. The van der Waals surface area contributed by atoms with E-state index in [-0.39, 0.29) is 23.4 Å². The van der Waals surface area contributed by atoms with Crippen LogP contribution in [0.15, 0.2) is 85.5 Å². The Balaban J connectivity index is 1.70. The van der Waals surface area contributed by atoms with Crippen molar-refractivity contribution in [3.63, 3.8) is 0 Å². The number of halogens is 1. The van der Waals surface area contributed by atoms with E-state index < -0.39 is 23.5 Å². The Morgan fingerprint density at radius 3 is 2.59 bits per heavy atom. The van der Waals surface area contributed by atoms with Gasteiger partial charge in [0.2, 0.25) is 0 Å². The fourth-order valence-electron chi connectivity index (χ4n) is 3.99. The van der Waals surface area contributed by atoms with E-state index in [0.717, 1.165) is 0 Å². The first kappa shape index (κ1) is 23.0. The van der Waals surface area contributed by atoms with Gasteiger partial charge in [0.25, 0.3) is 11.7 Å². The predicted octanol–water partition coefficient (Wildman–Crippen LogP) is 4.10. The van der Waals surface area contributed by atoms with Gasteiger partial charge in [0.1, 0.15) is 23.9 Å². The van der Waals surface area contributed by atoms with Crippen LogP contribution in [0, 0.1) is 5.82 Å². The number of aliphatic hydroxyl groups excluding tert-OH is 1. The summed E-state index contributed by atoms with van der Waals surface area (Å²) in [6, 6.07) is 11.4. The maximum atomic E-state index is 14.8. The highest BCUT2D eigenvalue weighted by atomic mass is 19.1. The number of carbonyl (C=O) groups is 2. The Labute approximate surface area is 196 Å². The third-order valence-electron chi connectivity index (χ3n) is 5.61. The van der Waals surface area contributed by atoms with Gasteiger partial charge in [-0.15, -0.1) is 0 Å². The highest BCUT2D eigenvalue weighted by Crippen LogP contribution is 2.40. The van der Waals surface area contributed by atoms with Gasteiger partial charge in [-0.25, -0.2) is 9.37 Å². The Hall–Kier alpha value is -4.20. The Morgan fingerprint density at radius 2 is 1.91 bits per heavy atom. The summed E-state index contributed by atoms with van der Waals surface area (Å²) in [7, 11) is 0. The van der Waals surface area contributed by atoms with Crippen LogP contribution in [0.4, 0.5) is 4.39 Å². The molecule has 1 aliphatic rings. The molecule has 1 saturated heterocycles. The summed E-state index contributed by atoms with van der Waals surface area (Å²) in [5.41, 5.74) is 0.331. The Morgan fingerprint density at radius 1 is 1.15 bits per heavy atom. The molecule has 0 spiro atoms. The number of hydrogen-bond donors (Lipinski definition) is 1. The standard InChI is InChI=1S/C26H24FN3O4/c1-2-16-34-19-10-8-18(9-11-19)24(31)22-23(20-6-3-4-7-21(20)27)30(26(33)25(22)32)14-5-13-29-15-12-28-17-29/h2-4,6-12,15,17,23,31H,1,5,13-14,16H2/t23-/m1/s1. The minimum absolute atomic E-state index is 0.141. The number of ketones is 1. The van der Waals surface area contributed by atoms with Crippen molar-refractivity contribution >= 4 is 17.4 Å². The van der Waals surface area contributed by atoms with Crippen molar-refractivity contribution in [2.45, 2.75) is 19.0 Å². The van der Waals surface area contributed by atoms with Crippen LogP contribution in [0.5, 0.6) is 5.75 Å². The van der Waals surface area contributed by atoms with Crippen molar-refractivity contribution in [2.75, 3.05) is 13.2 Å². The smallest absolute Gasteiger partial charge is 0.295 e. The summed E-state index contributed by atoms with van der Waals surface area (Å²) in [4.78, 5) is 31.3. The van der Waals surface area contributed by atoms with Crippen molar-refractivity contribution in [1.82, 2.24) is 14.5 Å².